The Morgan fingerprint density at radius 2 is 2.50 bits per heavy atom. The Kier molecular flexibility index (Phi) is 3.05. The third kappa shape index (κ3) is 1.76. The van der Waals surface area contributed by atoms with Crippen molar-refractivity contribution in [2.45, 2.75) is 31.8 Å². The lowest BCUT2D eigenvalue weighted by atomic mass is 10.2. The number of likely N-dealkylation sites (tertiary alicyclic amines) is 1. The van der Waals surface area contributed by atoms with E-state index in [0.717, 1.165) is 19.4 Å². The van der Waals surface area contributed by atoms with Crippen LogP contribution < -0.4 is 5.73 Å². The van der Waals surface area contributed by atoms with Gasteiger partial charge in [-0.2, -0.15) is 0 Å². The molecule has 1 aliphatic rings. The van der Waals surface area contributed by atoms with E-state index in [4.69, 9.17) is 10.8 Å². The Bertz CT molecular complexity index is 170. The first-order valence-corrected chi connectivity index (χ1v) is 4.33. The minimum absolute atomic E-state index is 0.00324. The molecule has 2 atom stereocenters. The largest absolute Gasteiger partial charge is 0.394 e. The van der Waals surface area contributed by atoms with Crippen LogP contribution >= 0.6 is 0 Å². The molecular formula is C8H16N2O2. The van der Waals surface area contributed by atoms with Gasteiger partial charge in [-0.3, -0.25) is 4.79 Å². The van der Waals surface area contributed by atoms with Gasteiger partial charge in [0.05, 0.1) is 18.7 Å². The van der Waals surface area contributed by atoms with Gasteiger partial charge in [0.25, 0.3) is 0 Å². The van der Waals surface area contributed by atoms with E-state index in [2.05, 4.69) is 0 Å². The van der Waals surface area contributed by atoms with Gasteiger partial charge in [-0.15, -0.1) is 0 Å². The minimum atomic E-state index is -0.447. The van der Waals surface area contributed by atoms with Crippen LogP contribution in [0.25, 0.3) is 0 Å². The van der Waals surface area contributed by atoms with Crippen LogP contribution in [0.2, 0.25) is 0 Å². The van der Waals surface area contributed by atoms with Crippen LogP contribution in [0.5, 0.6) is 0 Å². The van der Waals surface area contributed by atoms with Gasteiger partial charge in [0.2, 0.25) is 5.91 Å². The van der Waals surface area contributed by atoms with Gasteiger partial charge in [-0.05, 0) is 19.8 Å². The van der Waals surface area contributed by atoms with E-state index >= 15 is 0 Å². The molecule has 1 heterocycles. The number of amides is 1. The molecule has 3 N–H and O–H groups in total. The molecule has 0 aromatic rings. The molecule has 4 heteroatoms. The Labute approximate surface area is 72.3 Å². The van der Waals surface area contributed by atoms with Crippen LogP contribution in [0.15, 0.2) is 0 Å². The fourth-order valence-electron chi connectivity index (χ4n) is 1.58. The molecule has 1 saturated heterocycles. The third-order valence-corrected chi connectivity index (χ3v) is 2.26. The molecule has 70 valence electrons. The number of nitrogens with zero attached hydrogens (tertiary/aromatic N) is 1. The molecule has 4 nitrogen and oxygen atoms in total. The van der Waals surface area contributed by atoms with Crippen LogP contribution in [0.3, 0.4) is 0 Å². The van der Waals surface area contributed by atoms with Gasteiger partial charge in [-0.1, -0.05) is 0 Å². The minimum Gasteiger partial charge on any atom is -0.394 e. The second-order valence-electron chi connectivity index (χ2n) is 3.30. The quantitative estimate of drug-likeness (QED) is 0.580. The van der Waals surface area contributed by atoms with Gasteiger partial charge >= 0.3 is 0 Å². The number of aliphatic hydroxyl groups is 1. The molecule has 0 aliphatic carbocycles. The normalized spacial score (nSPS) is 25.9. The summed E-state index contributed by atoms with van der Waals surface area (Å²) in [5, 5.41) is 8.93. The number of aliphatic hydroxyl groups excluding tert-OH is 1. The molecule has 0 bridgehead atoms. The lowest BCUT2D eigenvalue weighted by Crippen LogP contribution is -2.45. The van der Waals surface area contributed by atoms with Crippen LogP contribution in [0.1, 0.15) is 19.8 Å². The van der Waals surface area contributed by atoms with Crippen molar-refractivity contribution in [3.63, 3.8) is 0 Å². The number of carbonyl (C=O) groups is 1. The number of nitrogens with two attached hydrogens (primary N) is 1. The van der Waals surface area contributed by atoms with E-state index < -0.39 is 6.04 Å². The summed E-state index contributed by atoms with van der Waals surface area (Å²) < 4.78 is 0. The van der Waals surface area contributed by atoms with E-state index in [0.29, 0.717) is 0 Å². The molecule has 1 rings (SSSR count). The highest BCUT2D eigenvalue weighted by Crippen LogP contribution is 2.16. The lowest BCUT2D eigenvalue weighted by molar-refractivity contribution is -0.133. The van der Waals surface area contributed by atoms with Gasteiger partial charge in [0.15, 0.2) is 0 Å². The predicted octanol–water partition coefficient (Wildman–Crippen LogP) is -0.683. The van der Waals surface area contributed by atoms with Crippen LogP contribution in [0, 0.1) is 0 Å². The van der Waals surface area contributed by atoms with Gasteiger partial charge in [0.1, 0.15) is 0 Å². The van der Waals surface area contributed by atoms with Crippen molar-refractivity contribution in [1.82, 2.24) is 4.90 Å². The maximum Gasteiger partial charge on any atom is 0.239 e. The molecule has 1 amide bonds. The summed E-state index contributed by atoms with van der Waals surface area (Å²) in [4.78, 5) is 13.1. The molecule has 0 saturated carbocycles. The molecule has 1 aliphatic heterocycles. The van der Waals surface area contributed by atoms with Gasteiger partial charge in [-0.25, -0.2) is 0 Å². The summed E-state index contributed by atoms with van der Waals surface area (Å²) in [5.74, 6) is -0.0495. The number of hydrogen-bond acceptors (Lipinski definition) is 3. The molecule has 0 aromatic carbocycles. The SMILES string of the molecule is CC(N)C(=O)N1CCCC1CO. The topological polar surface area (TPSA) is 66.6 Å². The number of hydrogen-bond donors (Lipinski definition) is 2. The smallest absolute Gasteiger partial charge is 0.239 e. The van der Waals surface area contributed by atoms with Crippen molar-refractivity contribution in [3.8, 4) is 0 Å². The van der Waals surface area contributed by atoms with Gasteiger partial charge < -0.3 is 15.7 Å². The highest BCUT2D eigenvalue weighted by atomic mass is 16.3. The van der Waals surface area contributed by atoms with Crippen molar-refractivity contribution >= 4 is 5.91 Å². The second kappa shape index (κ2) is 3.87. The average molecular weight is 172 g/mol. The Balaban J connectivity index is 2.55. The summed E-state index contributed by atoms with van der Waals surface area (Å²) in [6, 6.07) is -0.444. The highest BCUT2D eigenvalue weighted by Gasteiger charge is 2.29. The van der Waals surface area contributed by atoms with Crippen molar-refractivity contribution in [2.75, 3.05) is 13.2 Å². The fraction of sp³-hybridized carbons (Fsp3) is 0.875. The summed E-state index contributed by atoms with van der Waals surface area (Å²) in [6.45, 7) is 2.47. The highest BCUT2D eigenvalue weighted by molar-refractivity contribution is 5.81. The summed E-state index contributed by atoms with van der Waals surface area (Å²) in [6.07, 6.45) is 1.87. The molecule has 12 heavy (non-hydrogen) atoms. The Hall–Kier alpha value is -0.610. The molecule has 1 fully saturated rings. The van der Waals surface area contributed by atoms with Crippen LogP contribution in [-0.4, -0.2) is 41.1 Å². The third-order valence-electron chi connectivity index (χ3n) is 2.26. The first-order valence-electron chi connectivity index (χ1n) is 4.33. The van der Waals surface area contributed by atoms with Crippen LogP contribution in [-0.2, 0) is 4.79 Å². The molecule has 0 spiro atoms. The summed E-state index contributed by atoms with van der Waals surface area (Å²) in [5.41, 5.74) is 5.46. The number of rotatable bonds is 2. The van der Waals surface area contributed by atoms with Crippen molar-refractivity contribution in [3.05, 3.63) is 0 Å². The zero-order chi connectivity index (χ0) is 9.14. The van der Waals surface area contributed by atoms with Gasteiger partial charge in [0, 0.05) is 6.54 Å². The second-order valence-corrected chi connectivity index (χ2v) is 3.30. The first-order chi connectivity index (χ1) is 5.66. The molecule has 0 radical (unpaired) electrons. The monoisotopic (exact) mass is 172 g/mol. The zero-order valence-corrected chi connectivity index (χ0v) is 7.36. The Morgan fingerprint density at radius 1 is 1.83 bits per heavy atom. The maximum absolute atomic E-state index is 11.4. The van der Waals surface area contributed by atoms with E-state index in [9.17, 15) is 4.79 Å². The Morgan fingerprint density at radius 3 is 3.00 bits per heavy atom. The van der Waals surface area contributed by atoms with E-state index in [1.165, 1.54) is 0 Å². The van der Waals surface area contributed by atoms with Crippen molar-refractivity contribution < 1.29 is 9.90 Å². The van der Waals surface area contributed by atoms with Crippen LogP contribution in [0.4, 0.5) is 0 Å². The average Bonchev–Trinajstić information content (AvgIpc) is 2.49. The van der Waals surface area contributed by atoms with Crippen molar-refractivity contribution in [1.29, 1.82) is 0 Å². The first kappa shape index (κ1) is 9.48. The fourth-order valence-corrected chi connectivity index (χ4v) is 1.58. The zero-order valence-electron chi connectivity index (χ0n) is 7.36. The summed E-state index contributed by atoms with van der Waals surface area (Å²) in [7, 11) is 0. The van der Waals surface area contributed by atoms with E-state index in [-0.39, 0.29) is 18.6 Å². The predicted molar refractivity (Wildman–Crippen MR) is 45.5 cm³/mol. The maximum atomic E-state index is 11.4. The van der Waals surface area contributed by atoms with E-state index in [1.807, 2.05) is 0 Å². The van der Waals surface area contributed by atoms with Crippen molar-refractivity contribution in [2.24, 2.45) is 5.73 Å². The molecular weight excluding hydrogens is 156 g/mol. The standard InChI is InChI=1S/C8H16N2O2/c1-6(9)8(12)10-4-2-3-7(10)5-11/h6-7,11H,2-5,9H2,1H3. The molecule has 2 unspecified atom stereocenters. The number of carbonyl (C=O) groups excluding carboxylic acids is 1. The van der Waals surface area contributed by atoms with E-state index in [1.54, 1.807) is 11.8 Å². The summed E-state index contributed by atoms with van der Waals surface area (Å²) >= 11 is 0. The lowest BCUT2D eigenvalue weighted by Gasteiger charge is -2.24. The molecule has 0 aromatic heterocycles.